The number of benzene rings is 1. The minimum absolute atomic E-state index is 0.0963. The van der Waals surface area contributed by atoms with E-state index in [-0.39, 0.29) is 17.3 Å². The van der Waals surface area contributed by atoms with Crippen molar-refractivity contribution in [2.45, 2.75) is 0 Å². The molecule has 0 spiro atoms. The summed E-state index contributed by atoms with van der Waals surface area (Å²) in [6.07, 6.45) is 2.82. The first-order chi connectivity index (χ1) is 9.11. The van der Waals surface area contributed by atoms with E-state index in [1.165, 1.54) is 37.8 Å². The van der Waals surface area contributed by atoms with Gasteiger partial charge in [-0.25, -0.2) is 9.97 Å². The number of rotatable bonds is 4. The van der Waals surface area contributed by atoms with Gasteiger partial charge in [0.2, 0.25) is 5.88 Å². The average Bonchev–Trinajstić information content (AvgIpc) is 2.41. The summed E-state index contributed by atoms with van der Waals surface area (Å²) >= 11 is 3.22. The number of hydrogen-bond acceptors (Lipinski definition) is 6. The van der Waals surface area contributed by atoms with Crippen molar-refractivity contribution in [3.63, 3.8) is 0 Å². The van der Waals surface area contributed by atoms with Crippen LogP contribution in [-0.4, -0.2) is 22.0 Å². The molecule has 1 aromatic heterocycles. The molecule has 0 fully saturated rings. The van der Waals surface area contributed by atoms with E-state index in [0.29, 0.717) is 10.2 Å². The van der Waals surface area contributed by atoms with Gasteiger partial charge in [0.05, 0.1) is 22.6 Å². The number of non-ortho nitro benzene ring substituents is 1. The van der Waals surface area contributed by atoms with E-state index in [9.17, 15) is 10.1 Å². The van der Waals surface area contributed by atoms with Gasteiger partial charge in [0.25, 0.3) is 5.69 Å². The Bertz CT molecular complexity index is 621. The molecule has 0 aliphatic heterocycles. The zero-order valence-electron chi connectivity index (χ0n) is 9.74. The highest BCUT2D eigenvalue weighted by Gasteiger charge is 2.14. The summed E-state index contributed by atoms with van der Waals surface area (Å²) in [4.78, 5) is 17.9. The van der Waals surface area contributed by atoms with Crippen LogP contribution in [0.1, 0.15) is 0 Å². The molecule has 0 bridgehead atoms. The van der Waals surface area contributed by atoms with E-state index in [1.54, 1.807) is 0 Å². The van der Waals surface area contributed by atoms with Crippen molar-refractivity contribution in [3.8, 4) is 17.4 Å². The van der Waals surface area contributed by atoms with Gasteiger partial charge in [-0.2, -0.15) is 0 Å². The van der Waals surface area contributed by atoms with Crippen molar-refractivity contribution >= 4 is 21.6 Å². The predicted molar refractivity (Wildman–Crippen MR) is 69.5 cm³/mol. The number of hydrogen-bond donors (Lipinski definition) is 0. The van der Waals surface area contributed by atoms with Crippen molar-refractivity contribution in [1.29, 1.82) is 0 Å². The number of aromatic nitrogens is 2. The third-order valence-electron chi connectivity index (χ3n) is 2.20. The summed E-state index contributed by atoms with van der Waals surface area (Å²) < 4.78 is 11.1. The fourth-order valence-corrected chi connectivity index (χ4v) is 1.64. The SMILES string of the molecule is COc1ccc([N+](=O)[O-])cc1Oc1ncncc1Br. The van der Waals surface area contributed by atoms with Crippen LogP contribution in [0.2, 0.25) is 0 Å². The molecular weight excluding hydrogens is 318 g/mol. The van der Waals surface area contributed by atoms with Gasteiger partial charge in [0.15, 0.2) is 11.5 Å². The summed E-state index contributed by atoms with van der Waals surface area (Å²) in [6, 6.07) is 4.07. The Hall–Kier alpha value is -2.22. The highest BCUT2D eigenvalue weighted by molar-refractivity contribution is 9.10. The smallest absolute Gasteiger partial charge is 0.273 e. The molecular formula is C11H8BrN3O4. The van der Waals surface area contributed by atoms with Crippen LogP contribution in [0.5, 0.6) is 17.4 Å². The van der Waals surface area contributed by atoms with Crippen LogP contribution < -0.4 is 9.47 Å². The van der Waals surface area contributed by atoms with E-state index in [0.717, 1.165) is 0 Å². The van der Waals surface area contributed by atoms with Crippen molar-refractivity contribution in [2.75, 3.05) is 7.11 Å². The van der Waals surface area contributed by atoms with Gasteiger partial charge >= 0.3 is 0 Å². The summed E-state index contributed by atoms with van der Waals surface area (Å²) in [5, 5.41) is 10.7. The molecule has 0 saturated heterocycles. The van der Waals surface area contributed by atoms with Gasteiger partial charge in [-0.05, 0) is 22.0 Å². The molecule has 0 aliphatic rings. The molecule has 19 heavy (non-hydrogen) atoms. The lowest BCUT2D eigenvalue weighted by atomic mass is 10.3. The number of nitro groups is 1. The van der Waals surface area contributed by atoms with E-state index < -0.39 is 4.92 Å². The molecule has 0 amide bonds. The maximum Gasteiger partial charge on any atom is 0.273 e. The molecule has 0 unspecified atom stereocenters. The minimum atomic E-state index is -0.513. The zero-order valence-corrected chi connectivity index (χ0v) is 11.3. The Morgan fingerprint density at radius 1 is 1.37 bits per heavy atom. The van der Waals surface area contributed by atoms with E-state index in [1.807, 2.05) is 0 Å². The summed E-state index contributed by atoms with van der Waals surface area (Å²) in [5.41, 5.74) is -0.0963. The Balaban J connectivity index is 2.40. The van der Waals surface area contributed by atoms with Crippen LogP contribution in [0.15, 0.2) is 35.2 Å². The summed E-state index contributed by atoms with van der Waals surface area (Å²) in [7, 11) is 1.45. The fourth-order valence-electron chi connectivity index (χ4n) is 1.34. The van der Waals surface area contributed by atoms with Crippen LogP contribution in [0.3, 0.4) is 0 Å². The van der Waals surface area contributed by atoms with Crippen LogP contribution in [0.4, 0.5) is 5.69 Å². The van der Waals surface area contributed by atoms with Gasteiger partial charge < -0.3 is 9.47 Å². The van der Waals surface area contributed by atoms with E-state index in [4.69, 9.17) is 9.47 Å². The molecule has 1 aromatic carbocycles. The predicted octanol–water partition coefficient (Wildman–Crippen LogP) is 2.95. The molecule has 0 atom stereocenters. The number of ether oxygens (including phenoxy) is 2. The molecule has 8 heteroatoms. The van der Waals surface area contributed by atoms with Crippen molar-refractivity contribution in [3.05, 3.63) is 45.3 Å². The molecule has 0 radical (unpaired) electrons. The molecule has 0 saturated carbocycles. The quantitative estimate of drug-likeness (QED) is 0.634. The zero-order chi connectivity index (χ0) is 13.8. The summed E-state index contributed by atoms with van der Waals surface area (Å²) in [5.74, 6) is 0.820. The molecule has 0 aliphatic carbocycles. The van der Waals surface area contributed by atoms with Gasteiger partial charge in [0, 0.05) is 12.3 Å². The number of nitro benzene ring substituents is 1. The highest BCUT2D eigenvalue weighted by Crippen LogP contribution is 2.35. The molecule has 98 valence electrons. The van der Waals surface area contributed by atoms with Crippen molar-refractivity contribution in [1.82, 2.24) is 9.97 Å². The first kappa shape index (κ1) is 13.2. The minimum Gasteiger partial charge on any atom is -0.493 e. The number of methoxy groups -OCH3 is 1. The van der Waals surface area contributed by atoms with Crippen LogP contribution in [-0.2, 0) is 0 Å². The number of nitrogens with zero attached hydrogens (tertiary/aromatic N) is 3. The van der Waals surface area contributed by atoms with E-state index >= 15 is 0 Å². The average molecular weight is 326 g/mol. The molecule has 2 rings (SSSR count). The second-order valence-electron chi connectivity index (χ2n) is 3.37. The standard InChI is InChI=1S/C11H8BrN3O4/c1-18-9-3-2-7(15(16)17)4-10(9)19-11-8(12)5-13-6-14-11/h2-6H,1H3. The number of halogens is 1. The van der Waals surface area contributed by atoms with E-state index in [2.05, 4.69) is 25.9 Å². The highest BCUT2D eigenvalue weighted by atomic mass is 79.9. The van der Waals surface area contributed by atoms with Gasteiger partial charge in [-0.1, -0.05) is 0 Å². The molecule has 1 heterocycles. The molecule has 7 nitrogen and oxygen atoms in total. The molecule has 0 N–H and O–H groups in total. The lowest BCUT2D eigenvalue weighted by Crippen LogP contribution is -1.95. The van der Waals surface area contributed by atoms with Gasteiger partial charge in [-0.15, -0.1) is 0 Å². The van der Waals surface area contributed by atoms with Gasteiger partial charge in [-0.3, -0.25) is 10.1 Å². The van der Waals surface area contributed by atoms with Crippen LogP contribution >= 0.6 is 15.9 Å². The largest absolute Gasteiger partial charge is 0.493 e. The van der Waals surface area contributed by atoms with Crippen LogP contribution in [0, 0.1) is 10.1 Å². The first-order valence-electron chi connectivity index (χ1n) is 5.07. The Morgan fingerprint density at radius 3 is 2.79 bits per heavy atom. The fraction of sp³-hybridized carbons (Fsp3) is 0.0909. The second-order valence-corrected chi connectivity index (χ2v) is 4.22. The third-order valence-corrected chi connectivity index (χ3v) is 2.74. The Morgan fingerprint density at radius 2 is 2.16 bits per heavy atom. The maximum atomic E-state index is 10.7. The van der Waals surface area contributed by atoms with Crippen LogP contribution in [0.25, 0.3) is 0 Å². The van der Waals surface area contributed by atoms with Gasteiger partial charge in [0.1, 0.15) is 6.33 Å². The third kappa shape index (κ3) is 2.97. The second kappa shape index (κ2) is 5.61. The maximum absolute atomic E-state index is 10.7. The summed E-state index contributed by atoms with van der Waals surface area (Å²) in [6.45, 7) is 0. The first-order valence-corrected chi connectivity index (χ1v) is 5.87. The monoisotopic (exact) mass is 325 g/mol. The lowest BCUT2D eigenvalue weighted by Gasteiger charge is -2.09. The Kier molecular flexibility index (Phi) is 3.91. The molecule has 2 aromatic rings. The van der Waals surface area contributed by atoms with Crippen molar-refractivity contribution in [2.24, 2.45) is 0 Å². The topological polar surface area (TPSA) is 87.4 Å². The van der Waals surface area contributed by atoms with Crippen molar-refractivity contribution < 1.29 is 14.4 Å². The lowest BCUT2D eigenvalue weighted by molar-refractivity contribution is -0.384. The normalized spacial score (nSPS) is 10.0. The Labute approximate surface area is 116 Å².